The van der Waals surface area contributed by atoms with E-state index in [0.29, 0.717) is 0 Å². The van der Waals surface area contributed by atoms with E-state index in [1.165, 1.54) is 6.42 Å². The van der Waals surface area contributed by atoms with Crippen molar-refractivity contribution in [3.8, 4) is 0 Å². The maximum atomic E-state index is 13.5. The molecule has 0 bridgehead atoms. The van der Waals surface area contributed by atoms with Crippen molar-refractivity contribution in [2.75, 3.05) is 13.2 Å². The monoisotopic (exact) mass is 434 g/mol. The third-order valence-corrected chi connectivity index (χ3v) is 8.21. The van der Waals surface area contributed by atoms with Crippen molar-refractivity contribution in [3.63, 3.8) is 0 Å². The van der Waals surface area contributed by atoms with E-state index in [1.54, 1.807) is 13.8 Å². The minimum Gasteiger partial charge on any atom is -0.465 e. The molecule has 2 aliphatic carbocycles. The fourth-order valence-corrected chi connectivity index (χ4v) is 6.80. The molecule has 0 amide bonds. The zero-order chi connectivity index (χ0) is 22.5. The van der Waals surface area contributed by atoms with E-state index in [2.05, 4.69) is 26.6 Å². The third-order valence-electron chi connectivity index (χ3n) is 6.17. The minimum atomic E-state index is -1.98. The van der Waals surface area contributed by atoms with Crippen molar-refractivity contribution in [2.24, 2.45) is 11.3 Å². The zero-order valence-electron chi connectivity index (χ0n) is 19.6. The molecule has 0 N–H and O–H groups in total. The highest BCUT2D eigenvalue weighted by atomic mass is 28.3. The summed E-state index contributed by atoms with van der Waals surface area (Å²) in [5.74, 6) is -0.989. The number of carbonyl (C=O) groups is 3. The summed E-state index contributed by atoms with van der Waals surface area (Å²) in [5, 5.41) is 0.895. The molecule has 6 heteroatoms. The Morgan fingerprint density at radius 1 is 1.03 bits per heavy atom. The highest BCUT2D eigenvalue weighted by Gasteiger charge is 2.55. The van der Waals surface area contributed by atoms with Crippen molar-refractivity contribution < 1.29 is 23.9 Å². The fourth-order valence-electron chi connectivity index (χ4n) is 4.75. The second-order valence-electron chi connectivity index (χ2n) is 9.43. The van der Waals surface area contributed by atoms with E-state index in [-0.39, 0.29) is 37.8 Å². The molecule has 0 saturated heterocycles. The second kappa shape index (κ2) is 10.1. The minimum absolute atomic E-state index is 0.124. The van der Waals surface area contributed by atoms with Crippen LogP contribution < -0.4 is 0 Å². The molecule has 0 heterocycles. The molecule has 2 rings (SSSR count). The van der Waals surface area contributed by atoms with Crippen molar-refractivity contribution in [1.29, 1.82) is 0 Å². The molecule has 2 aliphatic rings. The van der Waals surface area contributed by atoms with Gasteiger partial charge in [0.2, 0.25) is 0 Å². The third kappa shape index (κ3) is 4.79. The van der Waals surface area contributed by atoms with Crippen LogP contribution >= 0.6 is 0 Å². The molecule has 0 radical (unpaired) electrons. The van der Waals surface area contributed by atoms with Crippen LogP contribution in [-0.2, 0) is 23.9 Å². The number of esters is 2. The van der Waals surface area contributed by atoms with E-state index in [0.717, 1.165) is 42.0 Å². The Hall–Kier alpha value is -1.69. The van der Waals surface area contributed by atoms with Crippen molar-refractivity contribution in [3.05, 3.63) is 22.4 Å². The van der Waals surface area contributed by atoms with Gasteiger partial charge in [-0.15, -0.1) is 0 Å². The fraction of sp³-hybridized carbons (Fsp3) is 0.708. The number of hydrogen-bond donors (Lipinski definition) is 0. The maximum Gasteiger partial charge on any atom is 0.324 e. The first kappa shape index (κ1) is 24.6. The summed E-state index contributed by atoms with van der Waals surface area (Å²) >= 11 is 0. The number of unbranched alkanes of at least 4 members (excludes halogenated alkanes) is 3. The number of allylic oxidation sites excluding steroid dienone is 4. The topological polar surface area (TPSA) is 69.7 Å². The van der Waals surface area contributed by atoms with Crippen LogP contribution in [-0.4, -0.2) is 39.0 Å². The zero-order valence-corrected chi connectivity index (χ0v) is 20.6. The van der Waals surface area contributed by atoms with Gasteiger partial charge in [-0.05, 0) is 49.5 Å². The van der Waals surface area contributed by atoms with Gasteiger partial charge in [0, 0.05) is 5.92 Å². The van der Waals surface area contributed by atoms with Gasteiger partial charge in [0.25, 0.3) is 0 Å². The van der Waals surface area contributed by atoms with Gasteiger partial charge < -0.3 is 9.47 Å². The summed E-state index contributed by atoms with van der Waals surface area (Å²) in [5.41, 5.74) is 0.595. The molecule has 0 spiro atoms. The van der Waals surface area contributed by atoms with Crippen LogP contribution in [0.3, 0.4) is 0 Å². The molecule has 0 fully saturated rings. The molecule has 1 atom stereocenters. The first-order valence-corrected chi connectivity index (χ1v) is 15.0. The number of rotatable bonds is 10. The number of carbonyl (C=O) groups excluding carboxylic acids is 3. The Morgan fingerprint density at radius 2 is 1.63 bits per heavy atom. The lowest BCUT2D eigenvalue weighted by molar-refractivity contribution is -0.172. The maximum absolute atomic E-state index is 13.5. The lowest BCUT2D eigenvalue weighted by Gasteiger charge is -2.34. The summed E-state index contributed by atoms with van der Waals surface area (Å²) in [6.07, 6.45) is 7.74. The molecule has 1 unspecified atom stereocenters. The molecule has 168 valence electrons. The number of fused-ring (bicyclic) bond motifs is 1. The molecule has 5 nitrogen and oxygen atoms in total. The lowest BCUT2D eigenvalue weighted by Crippen LogP contribution is -2.44. The van der Waals surface area contributed by atoms with E-state index in [1.807, 2.05) is 6.08 Å². The highest BCUT2D eigenvalue weighted by Crippen LogP contribution is 2.51. The van der Waals surface area contributed by atoms with Gasteiger partial charge in [-0.25, -0.2) is 0 Å². The van der Waals surface area contributed by atoms with Gasteiger partial charge in [-0.2, -0.15) is 0 Å². The Morgan fingerprint density at radius 3 is 2.13 bits per heavy atom. The Balaban J connectivity index is 2.49. The van der Waals surface area contributed by atoms with Crippen LogP contribution in [0.15, 0.2) is 22.4 Å². The summed E-state index contributed by atoms with van der Waals surface area (Å²) in [6, 6.07) is 0. The second-order valence-corrected chi connectivity index (χ2v) is 14.4. The summed E-state index contributed by atoms with van der Waals surface area (Å²) in [7, 11) is -1.98. The first-order chi connectivity index (χ1) is 14.1. The summed E-state index contributed by atoms with van der Waals surface area (Å²) in [4.78, 5) is 39.4. The highest BCUT2D eigenvalue weighted by molar-refractivity contribution is 6.87. The van der Waals surface area contributed by atoms with Gasteiger partial charge in [-0.1, -0.05) is 58.3 Å². The molecule has 0 aliphatic heterocycles. The van der Waals surface area contributed by atoms with Crippen LogP contribution in [0, 0.1) is 11.3 Å². The van der Waals surface area contributed by atoms with Crippen molar-refractivity contribution in [1.82, 2.24) is 0 Å². The average molecular weight is 435 g/mol. The van der Waals surface area contributed by atoms with Crippen LogP contribution in [0.25, 0.3) is 0 Å². The van der Waals surface area contributed by atoms with Crippen LogP contribution in [0.2, 0.25) is 19.6 Å². The molecule has 0 aromatic rings. The van der Waals surface area contributed by atoms with Crippen molar-refractivity contribution in [2.45, 2.75) is 85.4 Å². The SMILES string of the molecule is CCCCCCC1C(=O)C([Si](C)(C)C)=C2CC(C(=O)OCC)(C(=O)OCC)CC=C21. The molecule has 0 aromatic carbocycles. The number of hydrogen-bond acceptors (Lipinski definition) is 5. The van der Waals surface area contributed by atoms with E-state index in [4.69, 9.17) is 9.47 Å². The van der Waals surface area contributed by atoms with E-state index >= 15 is 0 Å². The molecule has 0 saturated carbocycles. The number of Topliss-reactive ketones (excluding diaryl/α,β-unsaturated/α-hetero) is 1. The number of ketones is 1. The van der Waals surface area contributed by atoms with Gasteiger partial charge in [-0.3, -0.25) is 14.4 Å². The normalized spacial score (nSPS) is 20.7. The standard InChI is InChI=1S/C24H38O5Si/c1-7-10-11-12-13-18-17-14-15-24(22(26)28-8-2,23(27)29-9-3)16-19(17)21(20(18)25)30(4,5)6/h14,18H,7-13,15-16H2,1-6H3. The lowest BCUT2D eigenvalue weighted by atomic mass is 9.71. The Bertz CT molecular complexity index is 723. The molecule has 0 aromatic heterocycles. The van der Waals surface area contributed by atoms with E-state index in [9.17, 15) is 14.4 Å². The van der Waals surface area contributed by atoms with Gasteiger partial charge in [0.1, 0.15) is 0 Å². The van der Waals surface area contributed by atoms with Gasteiger partial charge >= 0.3 is 11.9 Å². The smallest absolute Gasteiger partial charge is 0.324 e. The van der Waals surface area contributed by atoms with Crippen molar-refractivity contribution >= 4 is 25.8 Å². The Kier molecular flexibility index (Phi) is 8.25. The molecule has 30 heavy (non-hydrogen) atoms. The van der Waals surface area contributed by atoms with Gasteiger partial charge in [0.05, 0.1) is 21.3 Å². The predicted octanol–water partition coefficient (Wildman–Crippen LogP) is 5.16. The largest absolute Gasteiger partial charge is 0.465 e. The average Bonchev–Trinajstić information content (AvgIpc) is 2.96. The molecular formula is C24H38O5Si. The van der Waals surface area contributed by atoms with E-state index < -0.39 is 25.4 Å². The quantitative estimate of drug-likeness (QED) is 0.205. The van der Waals surface area contributed by atoms with Crippen LogP contribution in [0.5, 0.6) is 0 Å². The number of ether oxygens (including phenoxy) is 2. The Labute approximate surface area is 182 Å². The van der Waals surface area contributed by atoms with Crippen LogP contribution in [0.1, 0.15) is 65.7 Å². The van der Waals surface area contributed by atoms with Gasteiger partial charge in [0.15, 0.2) is 11.2 Å². The summed E-state index contributed by atoms with van der Waals surface area (Å²) < 4.78 is 10.6. The molecular weight excluding hydrogens is 396 g/mol. The predicted molar refractivity (Wildman–Crippen MR) is 121 cm³/mol. The summed E-state index contributed by atoms with van der Waals surface area (Å²) in [6.45, 7) is 12.5. The first-order valence-electron chi connectivity index (χ1n) is 11.5. The van der Waals surface area contributed by atoms with Crippen LogP contribution in [0.4, 0.5) is 0 Å².